The Morgan fingerprint density at radius 2 is 2.04 bits per heavy atom. The minimum atomic E-state index is -0.299. The van der Waals surface area contributed by atoms with Gasteiger partial charge in [-0.3, -0.25) is 14.5 Å². The SMILES string of the molecule is C[C@H](C(=O)N1CCC[C@@H](C(N)=O)C1)N1CCC[C@@H](c2ccncn2)C1. The van der Waals surface area contributed by atoms with Crippen LogP contribution in [0.15, 0.2) is 18.6 Å². The van der Waals surface area contributed by atoms with E-state index >= 15 is 0 Å². The van der Waals surface area contributed by atoms with E-state index in [1.807, 2.05) is 17.9 Å². The van der Waals surface area contributed by atoms with E-state index in [0.29, 0.717) is 12.5 Å². The van der Waals surface area contributed by atoms with Gasteiger partial charge in [0, 0.05) is 37.4 Å². The van der Waals surface area contributed by atoms with Gasteiger partial charge in [-0.1, -0.05) is 0 Å². The smallest absolute Gasteiger partial charge is 0.239 e. The third-order valence-corrected chi connectivity index (χ3v) is 5.52. The number of primary amides is 1. The number of nitrogens with two attached hydrogens (primary N) is 1. The fraction of sp³-hybridized carbons (Fsp3) is 0.667. The summed E-state index contributed by atoms with van der Waals surface area (Å²) in [5, 5.41) is 0. The van der Waals surface area contributed by atoms with Crippen LogP contribution in [0.5, 0.6) is 0 Å². The van der Waals surface area contributed by atoms with Crippen LogP contribution in [0.2, 0.25) is 0 Å². The molecule has 0 bridgehead atoms. The largest absolute Gasteiger partial charge is 0.369 e. The average Bonchev–Trinajstić information content (AvgIpc) is 2.67. The van der Waals surface area contributed by atoms with E-state index in [2.05, 4.69) is 14.9 Å². The summed E-state index contributed by atoms with van der Waals surface area (Å²) in [6, 6.07) is 1.78. The quantitative estimate of drug-likeness (QED) is 0.870. The Morgan fingerprint density at radius 1 is 1.24 bits per heavy atom. The fourth-order valence-electron chi connectivity index (χ4n) is 3.97. The Balaban J connectivity index is 1.62. The van der Waals surface area contributed by atoms with Crippen molar-refractivity contribution in [3.05, 3.63) is 24.3 Å². The molecule has 7 nitrogen and oxygen atoms in total. The third kappa shape index (κ3) is 4.15. The van der Waals surface area contributed by atoms with Gasteiger partial charge in [0.15, 0.2) is 0 Å². The second kappa shape index (κ2) is 7.91. The summed E-state index contributed by atoms with van der Waals surface area (Å²) in [6.07, 6.45) is 7.12. The lowest BCUT2D eigenvalue weighted by molar-refractivity contribution is -0.140. The highest BCUT2D eigenvalue weighted by atomic mass is 16.2. The number of hydrogen-bond donors (Lipinski definition) is 1. The van der Waals surface area contributed by atoms with Crippen molar-refractivity contribution in [1.82, 2.24) is 19.8 Å². The second-order valence-electron chi connectivity index (χ2n) is 7.17. The fourth-order valence-corrected chi connectivity index (χ4v) is 3.97. The molecule has 3 atom stereocenters. The normalized spacial score (nSPS) is 26.2. The highest BCUT2D eigenvalue weighted by molar-refractivity contribution is 5.83. The molecule has 2 fully saturated rings. The lowest BCUT2D eigenvalue weighted by Crippen LogP contribution is -2.53. The van der Waals surface area contributed by atoms with Gasteiger partial charge in [0.1, 0.15) is 6.33 Å². The zero-order valence-electron chi connectivity index (χ0n) is 14.8. The number of amides is 2. The summed E-state index contributed by atoms with van der Waals surface area (Å²) in [7, 11) is 0. The summed E-state index contributed by atoms with van der Waals surface area (Å²) in [5.74, 6) is -0.0621. The van der Waals surface area contributed by atoms with Gasteiger partial charge >= 0.3 is 0 Å². The van der Waals surface area contributed by atoms with Crippen LogP contribution in [0.3, 0.4) is 0 Å². The number of rotatable bonds is 4. The van der Waals surface area contributed by atoms with Crippen LogP contribution >= 0.6 is 0 Å². The molecule has 3 rings (SSSR count). The molecular weight excluding hydrogens is 318 g/mol. The Bertz CT molecular complexity index is 609. The van der Waals surface area contributed by atoms with Crippen molar-refractivity contribution in [2.75, 3.05) is 26.2 Å². The van der Waals surface area contributed by atoms with Crippen LogP contribution in [0.1, 0.15) is 44.2 Å². The molecule has 1 aromatic heterocycles. The summed E-state index contributed by atoms with van der Waals surface area (Å²) in [4.78, 5) is 36.8. The minimum Gasteiger partial charge on any atom is -0.369 e. The lowest BCUT2D eigenvalue weighted by Gasteiger charge is -2.39. The van der Waals surface area contributed by atoms with E-state index in [-0.39, 0.29) is 23.8 Å². The van der Waals surface area contributed by atoms with E-state index in [1.54, 1.807) is 12.5 Å². The Hall–Kier alpha value is -2.02. The number of piperidine rings is 2. The van der Waals surface area contributed by atoms with Crippen LogP contribution < -0.4 is 5.73 Å². The van der Waals surface area contributed by atoms with E-state index in [9.17, 15) is 9.59 Å². The summed E-state index contributed by atoms with van der Waals surface area (Å²) >= 11 is 0. The van der Waals surface area contributed by atoms with Gasteiger partial charge in [0.05, 0.1) is 12.0 Å². The number of hydrogen-bond acceptors (Lipinski definition) is 5. The van der Waals surface area contributed by atoms with Gasteiger partial charge in [0.2, 0.25) is 11.8 Å². The van der Waals surface area contributed by atoms with Crippen molar-refractivity contribution < 1.29 is 9.59 Å². The van der Waals surface area contributed by atoms with Crippen molar-refractivity contribution in [3.63, 3.8) is 0 Å². The van der Waals surface area contributed by atoms with E-state index in [0.717, 1.165) is 51.0 Å². The van der Waals surface area contributed by atoms with Gasteiger partial charge in [-0.05, 0) is 45.2 Å². The van der Waals surface area contributed by atoms with Crippen molar-refractivity contribution in [2.24, 2.45) is 11.7 Å². The average molecular weight is 345 g/mol. The Labute approximate surface area is 148 Å². The van der Waals surface area contributed by atoms with Crippen molar-refractivity contribution in [3.8, 4) is 0 Å². The van der Waals surface area contributed by atoms with Crippen molar-refractivity contribution >= 4 is 11.8 Å². The van der Waals surface area contributed by atoms with Gasteiger partial charge in [-0.2, -0.15) is 0 Å². The van der Waals surface area contributed by atoms with Gasteiger partial charge in [0.25, 0.3) is 0 Å². The Kier molecular flexibility index (Phi) is 5.63. The molecule has 136 valence electrons. The number of carbonyl (C=O) groups is 2. The molecule has 0 aromatic carbocycles. The molecule has 2 aliphatic heterocycles. The van der Waals surface area contributed by atoms with Crippen LogP contribution in [0.25, 0.3) is 0 Å². The van der Waals surface area contributed by atoms with Gasteiger partial charge in [-0.25, -0.2) is 9.97 Å². The molecule has 25 heavy (non-hydrogen) atoms. The monoisotopic (exact) mass is 345 g/mol. The molecule has 2 saturated heterocycles. The maximum Gasteiger partial charge on any atom is 0.239 e. The lowest BCUT2D eigenvalue weighted by atomic mass is 9.93. The first-order valence-electron chi connectivity index (χ1n) is 9.14. The summed E-state index contributed by atoms with van der Waals surface area (Å²) in [5.41, 5.74) is 6.48. The van der Waals surface area contributed by atoms with Crippen molar-refractivity contribution in [1.29, 1.82) is 0 Å². The molecule has 2 aliphatic rings. The second-order valence-corrected chi connectivity index (χ2v) is 7.17. The standard InChI is InChI=1S/C18H27N5O2/c1-13(18(25)23-9-3-5-15(11-23)17(19)24)22-8-2-4-14(10-22)16-6-7-20-12-21-16/h6-7,12-15H,2-5,8-11H2,1H3,(H2,19,24)/t13-,14-,15-/m1/s1. The first-order valence-corrected chi connectivity index (χ1v) is 9.14. The van der Waals surface area contributed by atoms with Crippen LogP contribution in [0.4, 0.5) is 0 Å². The molecule has 0 spiro atoms. The zero-order chi connectivity index (χ0) is 17.8. The maximum atomic E-state index is 12.9. The van der Waals surface area contributed by atoms with Crippen LogP contribution in [-0.4, -0.2) is 63.8 Å². The third-order valence-electron chi connectivity index (χ3n) is 5.52. The highest BCUT2D eigenvalue weighted by Gasteiger charge is 2.33. The van der Waals surface area contributed by atoms with Crippen LogP contribution in [-0.2, 0) is 9.59 Å². The molecular formula is C18H27N5O2. The number of carbonyl (C=O) groups excluding carboxylic acids is 2. The van der Waals surface area contributed by atoms with E-state index < -0.39 is 0 Å². The maximum absolute atomic E-state index is 12.9. The number of likely N-dealkylation sites (tertiary alicyclic amines) is 2. The summed E-state index contributed by atoms with van der Waals surface area (Å²) < 4.78 is 0. The molecule has 2 amide bonds. The number of aromatic nitrogens is 2. The molecule has 3 heterocycles. The van der Waals surface area contributed by atoms with Gasteiger partial charge < -0.3 is 10.6 Å². The molecule has 0 radical (unpaired) electrons. The Morgan fingerprint density at radius 3 is 2.76 bits per heavy atom. The first kappa shape index (κ1) is 17.8. The van der Waals surface area contributed by atoms with Crippen LogP contribution in [0, 0.1) is 5.92 Å². The zero-order valence-corrected chi connectivity index (χ0v) is 14.8. The topological polar surface area (TPSA) is 92.4 Å². The van der Waals surface area contributed by atoms with Gasteiger partial charge in [-0.15, -0.1) is 0 Å². The number of nitrogens with zero attached hydrogens (tertiary/aromatic N) is 4. The minimum absolute atomic E-state index is 0.106. The first-order chi connectivity index (χ1) is 12.1. The van der Waals surface area contributed by atoms with E-state index in [4.69, 9.17) is 5.73 Å². The van der Waals surface area contributed by atoms with E-state index in [1.165, 1.54) is 0 Å². The molecule has 0 saturated carbocycles. The highest BCUT2D eigenvalue weighted by Crippen LogP contribution is 2.27. The predicted octanol–water partition coefficient (Wildman–Crippen LogP) is 0.768. The molecule has 7 heteroatoms. The molecule has 0 unspecified atom stereocenters. The van der Waals surface area contributed by atoms with Crippen molar-refractivity contribution in [2.45, 2.75) is 44.6 Å². The summed E-state index contributed by atoms with van der Waals surface area (Å²) in [6.45, 7) is 4.90. The molecule has 0 aliphatic carbocycles. The molecule has 2 N–H and O–H groups in total. The predicted molar refractivity (Wildman–Crippen MR) is 93.5 cm³/mol. The molecule has 1 aromatic rings.